The highest BCUT2D eigenvalue weighted by molar-refractivity contribution is 6.31. The van der Waals surface area contributed by atoms with Crippen molar-refractivity contribution in [1.29, 1.82) is 0 Å². The standard InChI is InChI=1S/C34H33Cl2N5O3/c1-34(2,3)44-33(43)38-25-15-16-40(19-25)32(42)30-28(26-14-13-24(36)17-27(26)39-30)31-29(22-7-5-4-6-8-22)37-20-41(31)18-21-9-11-23(35)12-10-21/h4-14,17,20,25,39H,15-16,18-19H2,1-3H3,(H,38,43)/t25-/m0/s1. The van der Waals surface area contributed by atoms with E-state index in [9.17, 15) is 9.59 Å². The van der Waals surface area contributed by atoms with Crippen molar-refractivity contribution in [3.8, 4) is 22.5 Å². The molecule has 0 radical (unpaired) electrons. The Balaban J connectivity index is 1.43. The number of aromatic amines is 1. The third-order valence-corrected chi connectivity index (χ3v) is 8.05. The molecule has 2 N–H and O–H groups in total. The Morgan fingerprint density at radius 2 is 1.75 bits per heavy atom. The average molecular weight is 631 g/mol. The third kappa shape index (κ3) is 6.32. The zero-order valence-electron chi connectivity index (χ0n) is 24.7. The van der Waals surface area contributed by atoms with Crippen LogP contribution in [0.2, 0.25) is 10.0 Å². The molecule has 0 aliphatic carbocycles. The number of aromatic nitrogens is 3. The highest BCUT2D eigenvalue weighted by Crippen LogP contribution is 2.40. The molecule has 0 bridgehead atoms. The number of nitrogens with zero attached hydrogens (tertiary/aromatic N) is 3. The van der Waals surface area contributed by atoms with E-state index >= 15 is 0 Å². The number of alkyl carbamates (subject to hydrolysis) is 1. The summed E-state index contributed by atoms with van der Waals surface area (Å²) in [5.74, 6) is -0.168. The predicted octanol–water partition coefficient (Wildman–Crippen LogP) is 7.79. The first-order valence-electron chi connectivity index (χ1n) is 14.5. The van der Waals surface area contributed by atoms with Gasteiger partial charge in [-0.05, 0) is 57.0 Å². The maximum atomic E-state index is 14.3. The monoisotopic (exact) mass is 629 g/mol. The van der Waals surface area contributed by atoms with Crippen LogP contribution in [0.15, 0.2) is 79.1 Å². The van der Waals surface area contributed by atoms with Gasteiger partial charge in [0, 0.05) is 51.7 Å². The van der Waals surface area contributed by atoms with Crippen LogP contribution in [0.1, 0.15) is 43.2 Å². The molecule has 6 rings (SSSR count). The van der Waals surface area contributed by atoms with Crippen LogP contribution in [0.4, 0.5) is 4.79 Å². The number of carbonyl (C=O) groups excluding carboxylic acids is 2. The van der Waals surface area contributed by atoms with Gasteiger partial charge in [-0.25, -0.2) is 9.78 Å². The molecule has 8 nitrogen and oxygen atoms in total. The molecule has 1 fully saturated rings. The Bertz CT molecular complexity index is 1820. The molecule has 3 aromatic carbocycles. The molecule has 44 heavy (non-hydrogen) atoms. The number of likely N-dealkylation sites (tertiary alicyclic amines) is 1. The van der Waals surface area contributed by atoms with Crippen LogP contribution in [-0.2, 0) is 11.3 Å². The number of rotatable bonds is 6. The second-order valence-electron chi connectivity index (χ2n) is 12.0. The van der Waals surface area contributed by atoms with Crippen molar-refractivity contribution in [2.45, 2.75) is 45.4 Å². The molecule has 10 heteroatoms. The zero-order valence-corrected chi connectivity index (χ0v) is 26.2. The van der Waals surface area contributed by atoms with Crippen molar-refractivity contribution in [1.82, 2.24) is 24.8 Å². The van der Waals surface area contributed by atoms with E-state index in [1.54, 1.807) is 4.90 Å². The fourth-order valence-corrected chi connectivity index (χ4v) is 5.93. The van der Waals surface area contributed by atoms with Gasteiger partial charge in [0.2, 0.25) is 0 Å². The van der Waals surface area contributed by atoms with E-state index in [2.05, 4.69) is 14.9 Å². The summed E-state index contributed by atoms with van der Waals surface area (Å²) < 4.78 is 7.50. The number of fused-ring (bicyclic) bond motifs is 1. The summed E-state index contributed by atoms with van der Waals surface area (Å²) in [6.45, 7) is 6.84. The molecular formula is C34H33Cl2N5O3. The van der Waals surface area contributed by atoms with Gasteiger partial charge in [0.25, 0.3) is 5.91 Å². The van der Waals surface area contributed by atoms with E-state index in [4.69, 9.17) is 32.9 Å². The maximum Gasteiger partial charge on any atom is 0.407 e. The van der Waals surface area contributed by atoms with E-state index in [0.717, 1.165) is 39.0 Å². The summed E-state index contributed by atoms with van der Waals surface area (Å²) in [6, 6.07) is 23.0. The van der Waals surface area contributed by atoms with Crippen molar-refractivity contribution >= 4 is 46.1 Å². The minimum atomic E-state index is -0.607. The quantitative estimate of drug-likeness (QED) is 0.200. The summed E-state index contributed by atoms with van der Waals surface area (Å²) in [6.07, 6.45) is 1.94. The molecule has 5 aromatic rings. The Kier molecular flexibility index (Phi) is 8.14. The van der Waals surface area contributed by atoms with Gasteiger partial charge in [0.1, 0.15) is 11.3 Å². The fraction of sp³-hybridized carbons (Fsp3) is 0.265. The van der Waals surface area contributed by atoms with Crippen molar-refractivity contribution in [2.24, 2.45) is 0 Å². The van der Waals surface area contributed by atoms with Gasteiger partial charge < -0.3 is 24.5 Å². The van der Waals surface area contributed by atoms with Gasteiger partial charge in [-0.3, -0.25) is 4.79 Å². The van der Waals surface area contributed by atoms with Crippen LogP contribution in [0, 0.1) is 0 Å². The minimum absolute atomic E-state index is 0.168. The molecule has 0 unspecified atom stereocenters. The summed E-state index contributed by atoms with van der Waals surface area (Å²) >= 11 is 12.6. The lowest BCUT2D eigenvalue weighted by Gasteiger charge is -2.22. The van der Waals surface area contributed by atoms with Gasteiger partial charge in [-0.15, -0.1) is 0 Å². The van der Waals surface area contributed by atoms with E-state index in [1.807, 2.05) is 99.9 Å². The lowest BCUT2D eigenvalue weighted by Crippen LogP contribution is -2.41. The van der Waals surface area contributed by atoms with Crippen molar-refractivity contribution in [3.63, 3.8) is 0 Å². The lowest BCUT2D eigenvalue weighted by atomic mass is 10.0. The summed E-state index contributed by atoms with van der Waals surface area (Å²) in [5, 5.41) is 4.99. The van der Waals surface area contributed by atoms with Crippen molar-refractivity contribution in [3.05, 3.63) is 100 Å². The van der Waals surface area contributed by atoms with Crippen LogP contribution in [0.5, 0.6) is 0 Å². The van der Waals surface area contributed by atoms with Gasteiger partial charge in [0.05, 0.1) is 23.8 Å². The Morgan fingerprint density at radius 1 is 1.02 bits per heavy atom. The molecule has 1 aliphatic heterocycles. The first-order valence-corrected chi connectivity index (χ1v) is 15.3. The molecule has 226 valence electrons. The molecule has 1 aliphatic rings. The van der Waals surface area contributed by atoms with E-state index in [0.29, 0.717) is 41.8 Å². The highest BCUT2D eigenvalue weighted by Gasteiger charge is 2.33. The Morgan fingerprint density at radius 3 is 2.48 bits per heavy atom. The molecule has 0 saturated carbocycles. The SMILES string of the molecule is CC(C)(C)OC(=O)N[C@H]1CCN(C(=O)c2[nH]c3cc(Cl)ccc3c2-c2c(-c3ccccc3)ncn2Cc2ccc(Cl)cc2)C1. The number of halogens is 2. The van der Waals surface area contributed by atoms with Gasteiger partial charge in [-0.1, -0.05) is 71.7 Å². The smallest absolute Gasteiger partial charge is 0.407 e. The number of hydrogen-bond donors (Lipinski definition) is 2. The highest BCUT2D eigenvalue weighted by atomic mass is 35.5. The fourth-order valence-electron chi connectivity index (χ4n) is 5.63. The van der Waals surface area contributed by atoms with Crippen molar-refractivity contribution in [2.75, 3.05) is 13.1 Å². The summed E-state index contributed by atoms with van der Waals surface area (Å²) in [4.78, 5) is 36.7. The Labute approximate surface area is 265 Å². The zero-order chi connectivity index (χ0) is 31.0. The van der Waals surface area contributed by atoms with E-state index in [-0.39, 0.29) is 11.9 Å². The molecule has 1 saturated heterocycles. The molecule has 1 atom stereocenters. The van der Waals surface area contributed by atoms with Gasteiger partial charge in [0.15, 0.2) is 0 Å². The number of ether oxygens (including phenoxy) is 1. The van der Waals surface area contributed by atoms with Crippen LogP contribution < -0.4 is 5.32 Å². The number of carbonyl (C=O) groups is 2. The van der Waals surface area contributed by atoms with Crippen LogP contribution in [-0.4, -0.2) is 56.2 Å². The van der Waals surface area contributed by atoms with Crippen LogP contribution >= 0.6 is 23.2 Å². The number of H-pyrrole nitrogens is 1. The lowest BCUT2D eigenvalue weighted by molar-refractivity contribution is 0.0502. The number of benzene rings is 3. The second-order valence-corrected chi connectivity index (χ2v) is 12.9. The van der Waals surface area contributed by atoms with E-state index < -0.39 is 11.7 Å². The molecule has 3 heterocycles. The van der Waals surface area contributed by atoms with E-state index in [1.165, 1.54) is 0 Å². The Hall–Kier alpha value is -4.27. The normalized spacial score (nSPS) is 15.1. The maximum absolute atomic E-state index is 14.3. The first kappa shape index (κ1) is 29.8. The van der Waals surface area contributed by atoms with Crippen molar-refractivity contribution < 1.29 is 14.3 Å². The molecule has 2 aromatic heterocycles. The summed E-state index contributed by atoms with van der Waals surface area (Å²) in [7, 11) is 0. The van der Waals surface area contributed by atoms with Crippen LogP contribution in [0.3, 0.4) is 0 Å². The minimum Gasteiger partial charge on any atom is -0.444 e. The third-order valence-electron chi connectivity index (χ3n) is 7.56. The van der Waals surface area contributed by atoms with Gasteiger partial charge in [-0.2, -0.15) is 0 Å². The second kappa shape index (κ2) is 12.0. The molecular weight excluding hydrogens is 597 g/mol. The number of hydrogen-bond acceptors (Lipinski definition) is 4. The number of imidazole rings is 1. The molecule has 2 amide bonds. The predicted molar refractivity (Wildman–Crippen MR) is 174 cm³/mol. The largest absolute Gasteiger partial charge is 0.444 e. The topological polar surface area (TPSA) is 92.2 Å². The summed E-state index contributed by atoms with van der Waals surface area (Å²) in [5.41, 5.74) is 4.87. The number of amides is 2. The van der Waals surface area contributed by atoms with Gasteiger partial charge >= 0.3 is 6.09 Å². The molecule has 0 spiro atoms. The average Bonchev–Trinajstić information content (AvgIpc) is 3.70. The number of nitrogens with one attached hydrogen (secondary N) is 2. The first-order chi connectivity index (χ1) is 21.1. The van der Waals surface area contributed by atoms with Crippen LogP contribution in [0.25, 0.3) is 33.4 Å².